The van der Waals surface area contributed by atoms with E-state index in [1.54, 1.807) is 0 Å². The van der Waals surface area contributed by atoms with Crippen molar-refractivity contribution in [2.45, 2.75) is 32.6 Å². The average Bonchev–Trinajstić information content (AvgIpc) is 2.37. The Hall–Kier alpha value is -1.39. The maximum atomic E-state index is 12.4. The number of amides is 1. The summed E-state index contributed by atoms with van der Waals surface area (Å²) in [6.07, 6.45) is 0.186. The molecule has 2 N–H and O–H groups in total. The molecule has 1 fully saturated rings. The molecule has 1 saturated heterocycles. The highest BCUT2D eigenvalue weighted by Crippen LogP contribution is 2.15. The van der Waals surface area contributed by atoms with Gasteiger partial charge in [0.1, 0.15) is 0 Å². The molecule has 1 heterocycles. The summed E-state index contributed by atoms with van der Waals surface area (Å²) in [4.78, 5) is 14.2. The molecule has 1 aromatic carbocycles. The SMILES string of the molecule is C[C@@H]1CN(C(=O)c2cccc(CN)c2)C[C@H](C)O1. The van der Waals surface area contributed by atoms with Gasteiger partial charge in [-0.1, -0.05) is 12.1 Å². The number of carbonyl (C=O) groups is 1. The minimum atomic E-state index is 0.0623. The van der Waals surface area contributed by atoms with Crippen LogP contribution in [0.25, 0.3) is 0 Å². The average molecular weight is 248 g/mol. The Bertz CT molecular complexity index is 424. The molecule has 1 amide bonds. The first-order chi connectivity index (χ1) is 8.60. The zero-order valence-corrected chi connectivity index (χ0v) is 10.9. The fourth-order valence-electron chi connectivity index (χ4n) is 2.36. The van der Waals surface area contributed by atoms with Gasteiger partial charge in [0.2, 0.25) is 0 Å². The zero-order chi connectivity index (χ0) is 13.1. The summed E-state index contributed by atoms with van der Waals surface area (Å²) in [7, 11) is 0. The van der Waals surface area contributed by atoms with Gasteiger partial charge in [0.25, 0.3) is 5.91 Å². The van der Waals surface area contributed by atoms with Crippen molar-refractivity contribution in [1.82, 2.24) is 4.90 Å². The van der Waals surface area contributed by atoms with Crippen LogP contribution in [0.4, 0.5) is 0 Å². The summed E-state index contributed by atoms with van der Waals surface area (Å²) >= 11 is 0. The van der Waals surface area contributed by atoms with Gasteiger partial charge in [-0.3, -0.25) is 4.79 Å². The lowest BCUT2D eigenvalue weighted by molar-refractivity contribution is -0.0586. The number of nitrogens with zero attached hydrogens (tertiary/aromatic N) is 1. The van der Waals surface area contributed by atoms with Crippen molar-refractivity contribution in [3.05, 3.63) is 35.4 Å². The van der Waals surface area contributed by atoms with Crippen molar-refractivity contribution in [2.24, 2.45) is 5.73 Å². The molecular weight excluding hydrogens is 228 g/mol. The smallest absolute Gasteiger partial charge is 0.254 e. The number of hydrogen-bond donors (Lipinski definition) is 1. The van der Waals surface area contributed by atoms with Gasteiger partial charge < -0.3 is 15.4 Å². The Balaban J connectivity index is 2.14. The Morgan fingerprint density at radius 1 is 1.39 bits per heavy atom. The molecule has 0 spiro atoms. The predicted octanol–water partition coefficient (Wildman–Crippen LogP) is 1.39. The van der Waals surface area contributed by atoms with E-state index in [4.69, 9.17) is 10.5 Å². The minimum Gasteiger partial charge on any atom is -0.372 e. The van der Waals surface area contributed by atoms with Crippen molar-refractivity contribution in [3.8, 4) is 0 Å². The molecule has 0 bridgehead atoms. The van der Waals surface area contributed by atoms with Crippen LogP contribution in [0.1, 0.15) is 29.8 Å². The van der Waals surface area contributed by atoms with Crippen LogP contribution in [-0.2, 0) is 11.3 Å². The maximum absolute atomic E-state index is 12.4. The molecule has 0 aliphatic carbocycles. The predicted molar refractivity (Wildman–Crippen MR) is 70.2 cm³/mol. The van der Waals surface area contributed by atoms with E-state index in [0.717, 1.165) is 5.56 Å². The first-order valence-corrected chi connectivity index (χ1v) is 6.34. The van der Waals surface area contributed by atoms with Crippen LogP contribution >= 0.6 is 0 Å². The third kappa shape index (κ3) is 2.89. The number of nitrogens with two attached hydrogens (primary N) is 1. The van der Waals surface area contributed by atoms with Crippen LogP contribution in [0.3, 0.4) is 0 Å². The lowest BCUT2D eigenvalue weighted by atomic mass is 10.1. The molecule has 1 aromatic rings. The standard InChI is InChI=1S/C14H20N2O2/c1-10-8-16(9-11(2)18-10)14(17)13-5-3-4-12(6-13)7-15/h3-6,10-11H,7-9,15H2,1-2H3/t10-,11+. The number of rotatable bonds is 2. The lowest BCUT2D eigenvalue weighted by Crippen LogP contribution is -2.48. The van der Waals surface area contributed by atoms with Gasteiger partial charge in [-0.2, -0.15) is 0 Å². The monoisotopic (exact) mass is 248 g/mol. The van der Waals surface area contributed by atoms with Crippen molar-refractivity contribution in [2.75, 3.05) is 13.1 Å². The van der Waals surface area contributed by atoms with Gasteiger partial charge in [0.05, 0.1) is 12.2 Å². The summed E-state index contributed by atoms with van der Waals surface area (Å²) in [5.41, 5.74) is 7.29. The number of ether oxygens (including phenoxy) is 1. The van der Waals surface area contributed by atoms with Gasteiger partial charge in [0, 0.05) is 25.2 Å². The zero-order valence-electron chi connectivity index (χ0n) is 10.9. The van der Waals surface area contributed by atoms with Gasteiger partial charge >= 0.3 is 0 Å². The second kappa shape index (κ2) is 5.50. The van der Waals surface area contributed by atoms with Crippen molar-refractivity contribution in [3.63, 3.8) is 0 Å². The van der Waals surface area contributed by atoms with E-state index in [9.17, 15) is 4.79 Å². The van der Waals surface area contributed by atoms with Crippen molar-refractivity contribution in [1.29, 1.82) is 0 Å². The third-order valence-electron chi connectivity index (χ3n) is 3.12. The van der Waals surface area contributed by atoms with Crippen LogP contribution in [0.5, 0.6) is 0 Å². The Labute approximate surface area is 108 Å². The van der Waals surface area contributed by atoms with E-state index >= 15 is 0 Å². The molecule has 0 aromatic heterocycles. The Morgan fingerprint density at radius 3 is 2.67 bits per heavy atom. The van der Waals surface area contributed by atoms with E-state index in [1.807, 2.05) is 43.0 Å². The highest BCUT2D eigenvalue weighted by Gasteiger charge is 2.26. The summed E-state index contributed by atoms with van der Waals surface area (Å²) in [6.45, 7) is 5.74. The second-order valence-electron chi connectivity index (χ2n) is 4.87. The Morgan fingerprint density at radius 2 is 2.06 bits per heavy atom. The topological polar surface area (TPSA) is 55.6 Å². The molecule has 0 radical (unpaired) electrons. The fourth-order valence-corrected chi connectivity index (χ4v) is 2.36. The van der Waals surface area contributed by atoms with E-state index in [1.165, 1.54) is 0 Å². The quantitative estimate of drug-likeness (QED) is 0.860. The molecule has 18 heavy (non-hydrogen) atoms. The largest absolute Gasteiger partial charge is 0.372 e. The van der Waals surface area contributed by atoms with Crippen molar-refractivity contribution < 1.29 is 9.53 Å². The van der Waals surface area contributed by atoms with E-state index in [-0.39, 0.29) is 18.1 Å². The van der Waals surface area contributed by atoms with E-state index in [0.29, 0.717) is 25.2 Å². The van der Waals surface area contributed by atoms with Crippen LogP contribution in [-0.4, -0.2) is 36.1 Å². The normalized spacial score (nSPS) is 24.1. The highest BCUT2D eigenvalue weighted by atomic mass is 16.5. The highest BCUT2D eigenvalue weighted by molar-refractivity contribution is 5.94. The van der Waals surface area contributed by atoms with Crippen LogP contribution < -0.4 is 5.73 Å². The van der Waals surface area contributed by atoms with Crippen LogP contribution in [0, 0.1) is 0 Å². The summed E-state index contributed by atoms with van der Waals surface area (Å²) < 4.78 is 5.63. The molecule has 2 rings (SSSR count). The van der Waals surface area contributed by atoms with Gasteiger partial charge in [-0.25, -0.2) is 0 Å². The minimum absolute atomic E-state index is 0.0623. The van der Waals surface area contributed by atoms with Gasteiger partial charge in [-0.05, 0) is 31.5 Å². The van der Waals surface area contributed by atoms with Gasteiger partial charge in [-0.15, -0.1) is 0 Å². The molecule has 0 saturated carbocycles. The Kier molecular flexibility index (Phi) is 3.99. The maximum Gasteiger partial charge on any atom is 0.254 e. The molecule has 4 heteroatoms. The molecule has 4 nitrogen and oxygen atoms in total. The fraction of sp³-hybridized carbons (Fsp3) is 0.500. The van der Waals surface area contributed by atoms with E-state index in [2.05, 4.69) is 0 Å². The van der Waals surface area contributed by atoms with Crippen LogP contribution in [0.15, 0.2) is 24.3 Å². The van der Waals surface area contributed by atoms with Gasteiger partial charge in [0.15, 0.2) is 0 Å². The van der Waals surface area contributed by atoms with Crippen LogP contribution in [0.2, 0.25) is 0 Å². The second-order valence-corrected chi connectivity index (χ2v) is 4.87. The van der Waals surface area contributed by atoms with E-state index < -0.39 is 0 Å². The molecular formula is C14H20N2O2. The molecule has 98 valence electrons. The summed E-state index contributed by atoms with van der Waals surface area (Å²) in [5.74, 6) is 0.0623. The van der Waals surface area contributed by atoms with Crippen molar-refractivity contribution >= 4 is 5.91 Å². The number of hydrogen-bond acceptors (Lipinski definition) is 3. The summed E-state index contributed by atoms with van der Waals surface area (Å²) in [5, 5.41) is 0. The number of carbonyl (C=O) groups excluding carboxylic acids is 1. The summed E-state index contributed by atoms with van der Waals surface area (Å²) in [6, 6.07) is 7.52. The third-order valence-corrected chi connectivity index (χ3v) is 3.12. The first kappa shape index (κ1) is 13.1. The number of morpholine rings is 1. The molecule has 0 unspecified atom stereocenters. The molecule has 1 aliphatic rings. The first-order valence-electron chi connectivity index (χ1n) is 6.34. The molecule has 2 atom stereocenters. The lowest BCUT2D eigenvalue weighted by Gasteiger charge is -2.35. The number of benzene rings is 1. The molecule has 1 aliphatic heterocycles.